The van der Waals surface area contributed by atoms with Crippen molar-refractivity contribution < 1.29 is 4.74 Å². The summed E-state index contributed by atoms with van der Waals surface area (Å²) in [7, 11) is 0. The first-order valence-electron chi connectivity index (χ1n) is 6.22. The van der Waals surface area contributed by atoms with Gasteiger partial charge in [0.15, 0.2) is 0 Å². The molecule has 3 heteroatoms. The molecule has 2 atom stereocenters. The van der Waals surface area contributed by atoms with Crippen LogP contribution in [0.3, 0.4) is 0 Å². The highest BCUT2D eigenvalue weighted by Crippen LogP contribution is 2.26. The molecule has 0 aromatic heterocycles. The molecule has 0 aliphatic carbocycles. The molecule has 0 radical (unpaired) electrons. The average Bonchev–Trinajstić information content (AvgIpc) is 2.59. The van der Waals surface area contributed by atoms with Gasteiger partial charge in [-0.05, 0) is 39.8 Å². The van der Waals surface area contributed by atoms with Gasteiger partial charge in [-0.1, -0.05) is 6.92 Å². The zero-order valence-corrected chi connectivity index (χ0v) is 10.3. The lowest BCUT2D eigenvalue weighted by Gasteiger charge is -2.35. The lowest BCUT2D eigenvalue weighted by atomic mass is 9.95. The van der Waals surface area contributed by atoms with Crippen molar-refractivity contribution in [3.05, 3.63) is 0 Å². The molecule has 2 saturated heterocycles. The Morgan fingerprint density at radius 3 is 2.87 bits per heavy atom. The van der Waals surface area contributed by atoms with Crippen LogP contribution in [0.4, 0.5) is 0 Å². The van der Waals surface area contributed by atoms with Crippen molar-refractivity contribution >= 4 is 0 Å². The van der Waals surface area contributed by atoms with Crippen LogP contribution in [0.2, 0.25) is 0 Å². The van der Waals surface area contributed by atoms with Gasteiger partial charge in [-0.15, -0.1) is 0 Å². The predicted octanol–water partition coefficient (Wildman–Crippen LogP) is 1.44. The van der Waals surface area contributed by atoms with E-state index in [0.717, 1.165) is 6.61 Å². The van der Waals surface area contributed by atoms with E-state index >= 15 is 0 Å². The molecule has 2 fully saturated rings. The molecular formula is C12H24N2O. The number of piperidine rings is 1. The molecule has 2 unspecified atom stereocenters. The van der Waals surface area contributed by atoms with Crippen LogP contribution in [0.1, 0.15) is 33.6 Å². The summed E-state index contributed by atoms with van der Waals surface area (Å²) < 4.78 is 5.86. The van der Waals surface area contributed by atoms with Crippen molar-refractivity contribution in [1.82, 2.24) is 10.2 Å². The molecule has 0 spiro atoms. The van der Waals surface area contributed by atoms with Crippen molar-refractivity contribution in [2.24, 2.45) is 5.92 Å². The van der Waals surface area contributed by atoms with Crippen LogP contribution in [0, 0.1) is 5.92 Å². The van der Waals surface area contributed by atoms with Crippen LogP contribution in [0.15, 0.2) is 0 Å². The van der Waals surface area contributed by atoms with Crippen molar-refractivity contribution in [3.8, 4) is 0 Å². The van der Waals surface area contributed by atoms with Crippen LogP contribution < -0.4 is 5.32 Å². The van der Waals surface area contributed by atoms with Gasteiger partial charge < -0.3 is 9.64 Å². The SMILES string of the molecule is CCN1CCCC(C2NC(C)(C)CO2)C1. The van der Waals surface area contributed by atoms with Crippen LogP contribution >= 0.6 is 0 Å². The highest BCUT2D eigenvalue weighted by molar-refractivity contribution is 4.89. The summed E-state index contributed by atoms with van der Waals surface area (Å²) in [6.07, 6.45) is 2.92. The Hall–Kier alpha value is -0.120. The highest BCUT2D eigenvalue weighted by atomic mass is 16.5. The molecule has 3 nitrogen and oxygen atoms in total. The minimum atomic E-state index is 0.166. The first-order chi connectivity index (χ1) is 7.11. The second-order valence-electron chi connectivity index (χ2n) is 5.56. The van der Waals surface area contributed by atoms with E-state index in [0.29, 0.717) is 5.92 Å². The summed E-state index contributed by atoms with van der Waals surface area (Å²) in [4.78, 5) is 2.53. The third kappa shape index (κ3) is 2.71. The second-order valence-corrected chi connectivity index (χ2v) is 5.56. The Labute approximate surface area is 93.2 Å². The quantitative estimate of drug-likeness (QED) is 0.749. The summed E-state index contributed by atoms with van der Waals surface area (Å²) in [5.41, 5.74) is 0.166. The molecule has 2 aliphatic heterocycles. The molecule has 0 saturated carbocycles. The van der Waals surface area contributed by atoms with Crippen molar-refractivity contribution in [1.29, 1.82) is 0 Å². The summed E-state index contributed by atoms with van der Waals surface area (Å²) in [5.74, 6) is 0.681. The standard InChI is InChI=1S/C12H24N2O/c1-4-14-7-5-6-10(8-14)11-13-12(2,3)9-15-11/h10-11,13H,4-9H2,1-3H3. The monoisotopic (exact) mass is 212 g/mol. The van der Waals surface area contributed by atoms with Gasteiger partial charge in [-0.2, -0.15) is 0 Å². The molecule has 88 valence electrons. The molecule has 2 rings (SSSR count). The van der Waals surface area contributed by atoms with Crippen molar-refractivity contribution in [3.63, 3.8) is 0 Å². The lowest BCUT2D eigenvalue weighted by molar-refractivity contribution is 0.0169. The third-order valence-corrected chi connectivity index (χ3v) is 3.57. The zero-order chi connectivity index (χ0) is 10.9. The van der Waals surface area contributed by atoms with E-state index in [1.807, 2.05) is 0 Å². The maximum atomic E-state index is 5.86. The Morgan fingerprint density at radius 1 is 1.47 bits per heavy atom. The number of ether oxygens (including phenoxy) is 1. The second kappa shape index (κ2) is 4.40. The maximum Gasteiger partial charge on any atom is 0.112 e. The first-order valence-corrected chi connectivity index (χ1v) is 6.22. The maximum absolute atomic E-state index is 5.86. The highest BCUT2D eigenvalue weighted by Gasteiger charge is 2.37. The largest absolute Gasteiger partial charge is 0.361 e. The number of rotatable bonds is 2. The number of likely N-dealkylation sites (tertiary alicyclic amines) is 1. The Balaban J connectivity index is 1.88. The van der Waals surface area contributed by atoms with Crippen LogP contribution in [0.25, 0.3) is 0 Å². The van der Waals surface area contributed by atoms with Crippen LogP contribution in [-0.2, 0) is 4.74 Å². The fraction of sp³-hybridized carbons (Fsp3) is 1.00. The van der Waals surface area contributed by atoms with E-state index in [1.165, 1.54) is 32.5 Å². The number of nitrogens with zero attached hydrogens (tertiary/aromatic N) is 1. The Morgan fingerprint density at radius 2 is 2.27 bits per heavy atom. The normalized spacial score (nSPS) is 37.0. The first kappa shape index (κ1) is 11.4. The van der Waals surface area contributed by atoms with Gasteiger partial charge in [0.2, 0.25) is 0 Å². The summed E-state index contributed by atoms with van der Waals surface area (Å²) in [6, 6.07) is 0. The number of hydrogen-bond acceptors (Lipinski definition) is 3. The molecule has 15 heavy (non-hydrogen) atoms. The van der Waals surface area contributed by atoms with Gasteiger partial charge in [-0.3, -0.25) is 5.32 Å². The average molecular weight is 212 g/mol. The van der Waals surface area contributed by atoms with Gasteiger partial charge in [-0.25, -0.2) is 0 Å². The minimum Gasteiger partial charge on any atom is -0.361 e. The molecule has 0 aromatic carbocycles. The molecule has 2 aliphatic rings. The Kier molecular flexibility index (Phi) is 3.33. The summed E-state index contributed by atoms with van der Waals surface area (Å²) in [6.45, 7) is 11.2. The van der Waals surface area contributed by atoms with E-state index < -0.39 is 0 Å². The predicted molar refractivity (Wildman–Crippen MR) is 61.8 cm³/mol. The smallest absolute Gasteiger partial charge is 0.112 e. The minimum absolute atomic E-state index is 0.166. The summed E-state index contributed by atoms with van der Waals surface area (Å²) in [5, 5.41) is 3.60. The zero-order valence-electron chi connectivity index (χ0n) is 10.3. The number of nitrogens with one attached hydrogen (secondary N) is 1. The van der Waals surface area contributed by atoms with Crippen molar-refractivity contribution in [2.45, 2.75) is 45.4 Å². The van der Waals surface area contributed by atoms with Crippen LogP contribution in [-0.4, -0.2) is 42.9 Å². The van der Waals surface area contributed by atoms with E-state index in [-0.39, 0.29) is 11.8 Å². The van der Waals surface area contributed by atoms with Gasteiger partial charge in [0.1, 0.15) is 6.23 Å². The van der Waals surface area contributed by atoms with Gasteiger partial charge in [0.05, 0.1) is 6.61 Å². The van der Waals surface area contributed by atoms with E-state index in [9.17, 15) is 0 Å². The van der Waals surface area contributed by atoms with Crippen molar-refractivity contribution in [2.75, 3.05) is 26.2 Å². The number of hydrogen-bond donors (Lipinski definition) is 1. The molecule has 1 N–H and O–H groups in total. The Bertz CT molecular complexity index is 218. The fourth-order valence-corrected chi connectivity index (χ4v) is 2.65. The van der Waals surface area contributed by atoms with Gasteiger partial charge >= 0.3 is 0 Å². The van der Waals surface area contributed by atoms with Gasteiger partial charge in [0.25, 0.3) is 0 Å². The van der Waals surface area contributed by atoms with E-state index in [1.54, 1.807) is 0 Å². The summed E-state index contributed by atoms with van der Waals surface area (Å²) >= 11 is 0. The van der Waals surface area contributed by atoms with E-state index in [2.05, 4.69) is 31.0 Å². The topological polar surface area (TPSA) is 24.5 Å². The molecule has 2 heterocycles. The van der Waals surface area contributed by atoms with Gasteiger partial charge in [0, 0.05) is 18.0 Å². The molecule has 0 amide bonds. The molecular weight excluding hydrogens is 188 g/mol. The molecule has 0 bridgehead atoms. The van der Waals surface area contributed by atoms with Crippen LogP contribution in [0.5, 0.6) is 0 Å². The lowest BCUT2D eigenvalue weighted by Crippen LogP contribution is -2.47. The van der Waals surface area contributed by atoms with E-state index in [4.69, 9.17) is 4.74 Å². The third-order valence-electron chi connectivity index (χ3n) is 3.57. The molecule has 0 aromatic rings. The fourth-order valence-electron chi connectivity index (χ4n) is 2.65.